The van der Waals surface area contributed by atoms with Crippen LogP contribution in [0.4, 0.5) is 17.3 Å². The molecule has 5 fully saturated rings. The van der Waals surface area contributed by atoms with Crippen LogP contribution >= 0.6 is 7.92 Å². The van der Waals surface area contributed by atoms with Gasteiger partial charge < -0.3 is 25.6 Å². The lowest BCUT2D eigenvalue weighted by atomic mass is 9.77. The third-order valence-electron chi connectivity index (χ3n) is 15.5. The molecule has 3 aliphatic heterocycles. The topological polar surface area (TPSA) is 134 Å². The summed E-state index contributed by atoms with van der Waals surface area (Å²) in [5.41, 5.74) is 3.63. The van der Waals surface area contributed by atoms with Crippen molar-refractivity contribution in [3.63, 3.8) is 0 Å². The highest BCUT2D eigenvalue weighted by atomic mass is 31.1. The summed E-state index contributed by atoms with van der Waals surface area (Å²) in [6, 6.07) is 8.17. The normalized spacial score (nSPS) is 25.7. The molecule has 5 aliphatic rings. The molecule has 8 rings (SSSR count). The van der Waals surface area contributed by atoms with E-state index in [1.54, 1.807) is 13.2 Å². The number of methoxy groups -OCH3 is 1. The predicted octanol–water partition coefficient (Wildman–Crippen LogP) is 9.94. The van der Waals surface area contributed by atoms with Crippen molar-refractivity contribution in [3.05, 3.63) is 46.4 Å². The monoisotopic (exact) mass is 925 g/mol. The molecule has 66 heavy (non-hydrogen) atoms. The van der Waals surface area contributed by atoms with Crippen LogP contribution in [0.1, 0.15) is 147 Å². The molecule has 362 valence electrons. The lowest BCUT2D eigenvalue weighted by Gasteiger charge is -2.47. The van der Waals surface area contributed by atoms with Gasteiger partial charge in [-0.2, -0.15) is 4.98 Å². The molecule has 3 N–H and O–H groups in total. The highest BCUT2D eigenvalue weighted by Gasteiger charge is 2.41. The van der Waals surface area contributed by atoms with Crippen LogP contribution < -0.4 is 31.1 Å². The third-order valence-corrected chi connectivity index (χ3v) is 18.9. The van der Waals surface area contributed by atoms with E-state index in [1.165, 1.54) is 95.7 Å². The Balaban J connectivity index is 0.690. The second-order valence-corrected chi connectivity index (χ2v) is 24.0. The number of amides is 2. The summed E-state index contributed by atoms with van der Waals surface area (Å²) < 4.78 is 7.74. The number of aryl methyl sites for hydroxylation is 1. The first-order chi connectivity index (χ1) is 32.0. The van der Waals surface area contributed by atoms with E-state index < -0.39 is 0 Å². The molecule has 2 bridgehead atoms. The third kappa shape index (κ3) is 13.3. The number of nitrogens with one attached hydrogen (secondary N) is 3. The maximum Gasteiger partial charge on any atom is 0.252 e. The fourth-order valence-corrected chi connectivity index (χ4v) is 15.8. The molecular weight excluding hydrogens is 844 g/mol. The first-order valence-corrected chi connectivity index (χ1v) is 28.0. The molecule has 4 unspecified atom stereocenters. The van der Waals surface area contributed by atoms with Gasteiger partial charge in [0.15, 0.2) is 0 Å². The maximum atomic E-state index is 13.5. The highest BCUT2D eigenvalue weighted by Crippen LogP contribution is 2.58. The van der Waals surface area contributed by atoms with Crippen LogP contribution in [0.25, 0.3) is 11.0 Å². The molecular formula is C53H81N8O4P. The molecule has 13 heteroatoms. The lowest BCUT2D eigenvalue weighted by Crippen LogP contribution is -2.46. The van der Waals surface area contributed by atoms with Gasteiger partial charge in [0.2, 0.25) is 17.8 Å². The second kappa shape index (κ2) is 23.0. The van der Waals surface area contributed by atoms with E-state index in [-0.39, 0.29) is 42.8 Å². The molecule has 3 aromatic rings. The van der Waals surface area contributed by atoms with Crippen molar-refractivity contribution in [2.45, 2.75) is 155 Å². The van der Waals surface area contributed by atoms with Crippen molar-refractivity contribution in [2.75, 3.05) is 75.1 Å². The van der Waals surface area contributed by atoms with Crippen LogP contribution in [0.5, 0.6) is 5.75 Å². The minimum absolute atomic E-state index is 0.0194. The highest BCUT2D eigenvalue weighted by molar-refractivity contribution is 7.57. The summed E-state index contributed by atoms with van der Waals surface area (Å²) >= 11 is 0. The number of rotatable bonds is 22. The van der Waals surface area contributed by atoms with Gasteiger partial charge in [-0.15, -0.1) is 7.92 Å². The van der Waals surface area contributed by atoms with Crippen molar-refractivity contribution >= 4 is 48.1 Å². The van der Waals surface area contributed by atoms with Gasteiger partial charge in [0.25, 0.3) is 5.56 Å². The average Bonchev–Trinajstić information content (AvgIpc) is 4.15. The zero-order valence-electron chi connectivity index (χ0n) is 40.9. The summed E-state index contributed by atoms with van der Waals surface area (Å²) in [4.78, 5) is 53.3. The Kier molecular flexibility index (Phi) is 17.0. The number of ether oxygens (including phenoxy) is 1. The van der Waals surface area contributed by atoms with E-state index in [0.29, 0.717) is 17.5 Å². The Labute approximate surface area is 396 Å². The Hall–Kier alpha value is -3.76. The number of aromatic nitrogens is 3. The van der Waals surface area contributed by atoms with Gasteiger partial charge in [-0.1, -0.05) is 65.2 Å². The number of unbranched alkanes of at least 4 members (excludes halogenated alkanes) is 9. The molecule has 0 radical (unpaired) electrons. The van der Waals surface area contributed by atoms with Gasteiger partial charge >= 0.3 is 0 Å². The first-order valence-electron chi connectivity index (χ1n) is 26.1. The summed E-state index contributed by atoms with van der Waals surface area (Å²) in [6.45, 7) is 12.9. The van der Waals surface area contributed by atoms with Gasteiger partial charge in [0.05, 0.1) is 12.8 Å². The van der Waals surface area contributed by atoms with Crippen molar-refractivity contribution in [1.82, 2.24) is 30.1 Å². The molecule has 12 nitrogen and oxygen atoms in total. The van der Waals surface area contributed by atoms with Crippen molar-refractivity contribution in [2.24, 2.45) is 23.2 Å². The molecule has 2 aliphatic carbocycles. The van der Waals surface area contributed by atoms with Crippen LogP contribution in [-0.2, 0) is 9.59 Å². The maximum absolute atomic E-state index is 13.5. The standard InChI is InChI=1S/C53H81N8O4P/c1-38-29-40-32-53(3,37-66(35-38)36-40)33-48(62)54-23-13-11-9-7-5-6-8-10-12-14-24-59-25-27-60(28-26-59)44-21-22-46(47(31-44)65-4)57-52-55-34-45-39(2)30-49(63)61(50(45)58-52)43-19-17-42(18-20-43)56-51(64)41-15-16-41/h21-22,30-31,34,38,40-43H,5-20,23-29,32-33,35-37H2,1-4H3,(H,54,62)(H,56,64)(H,55,57,58). The Morgan fingerprint density at radius 1 is 0.894 bits per heavy atom. The number of benzene rings is 1. The largest absolute Gasteiger partial charge is 0.494 e. The molecule has 0 spiro atoms. The summed E-state index contributed by atoms with van der Waals surface area (Å²) in [7, 11) is 1.86. The van der Waals surface area contributed by atoms with Crippen LogP contribution in [0.15, 0.2) is 35.3 Å². The number of hydrogen-bond donors (Lipinski definition) is 3. The van der Waals surface area contributed by atoms with E-state index in [4.69, 9.17) is 9.72 Å². The van der Waals surface area contributed by atoms with Crippen LogP contribution in [0, 0.1) is 30.1 Å². The fourth-order valence-electron chi connectivity index (χ4n) is 12.0. The zero-order chi connectivity index (χ0) is 46.0. The van der Waals surface area contributed by atoms with Crippen molar-refractivity contribution in [1.29, 1.82) is 0 Å². The lowest BCUT2D eigenvalue weighted by molar-refractivity contribution is -0.124. The molecule has 3 saturated heterocycles. The number of anilines is 3. The second-order valence-electron chi connectivity index (χ2n) is 21.6. The molecule has 2 aromatic heterocycles. The van der Waals surface area contributed by atoms with Gasteiger partial charge in [-0.05, 0) is 131 Å². The van der Waals surface area contributed by atoms with E-state index >= 15 is 0 Å². The number of fused-ring (bicyclic) bond motifs is 3. The molecule has 1 aromatic carbocycles. The first kappa shape index (κ1) is 48.7. The van der Waals surface area contributed by atoms with E-state index in [9.17, 15) is 14.4 Å². The number of carbonyl (C=O) groups is 2. The SMILES string of the molecule is COc1cc(N2CCN(CCCCCCCCCCCCNC(=O)CC3(C)CC4CC(C)CP(C4)C3)CC2)ccc1Nc1ncc2c(C)cc(=O)n(C3CCC(NC(=O)C4CC4)CC3)c2n1. The molecule has 5 heterocycles. The number of hydrogen-bond acceptors (Lipinski definition) is 9. The predicted molar refractivity (Wildman–Crippen MR) is 271 cm³/mol. The number of pyridine rings is 1. The number of carbonyl (C=O) groups excluding carboxylic acids is 2. The minimum atomic E-state index is -0.0458. The average molecular weight is 925 g/mol. The summed E-state index contributed by atoms with van der Waals surface area (Å²) in [5, 5.41) is 10.8. The van der Waals surface area contributed by atoms with Gasteiger partial charge in [-0.3, -0.25) is 23.9 Å². The molecule has 4 atom stereocenters. The van der Waals surface area contributed by atoms with Crippen LogP contribution in [-0.4, -0.2) is 102 Å². The van der Waals surface area contributed by atoms with Crippen molar-refractivity contribution in [3.8, 4) is 5.75 Å². The van der Waals surface area contributed by atoms with E-state index in [2.05, 4.69) is 56.7 Å². The Morgan fingerprint density at radius 3 is 2.30 bits per heavy atom. The van der Waals surface area contributed by atoms with Crippen molar-refractivity contribution < 1.29 is 14.3 Å². The Bertz CT molecular complexity index is 2130. The van der Waals surface area contributed by atoms with Crippen LogP contribution in [0.2, 0.25) is 0 Å². The molecule has 2 saturated carbocycles. The number of piperazine rings is 1. The number of nitrogens with zero attached hydrogens (tertiary/aromatic N) is 5. The van der Waals surface area contributed by atoms with Gasteiger partial charge in [-0.25, -0.2) is 4.98 Å². The fraction of sp³-hybridized carbons (Fsp3) is 0.717. The summed E-state index contributed by atoms with van der Waals surface area (Å²) in [5.74, 6) is 3.62. The quantitative estimate of drug-likeness (QED) is 0.0665. The smallest absolute Gasteiger partial charge is 0.252 e. The van der Waals surface area contributed by atoms with E-state index in [1.807, 2.05) is 23.8 Å². The summed E-state index contributed by atoms with van der Waals surface area (Å²) in [6.07, 6.45) is 27.7. The van der Waals surface area contributed by atoms with Gasteiger partial charge in [0, 0.05) is 86.5 Å². The van der Waals surface area contributed by atoms with Crippen LogP contribution in [0.3, 0.4) is 0 Å². The van der Waals surface area contributed by atoms with E-state index in [0.717, 1.165) is 124 Å². The van der Waals surface area contributed by atoms with Gasteiger partial charge in [0.1, 0.15) is 11.4 Å². The zero-order valence-corrected chi connectivity index (χ0v) is 41.8. The minimum Gasteiger partial charge on any atom is -0.494 e. The Morgan fingerprint density at radius 2 is 1.61 bits per heavy atom. The molecule has 2 amide bonds.